The van der Waals surface area contributed by atoms with Gasteiger partial charge in [-0.15, -0.1) is 0 Å². The smallest absolute Gasteiger partial charge is 0.307 e. The topological polar surface area (TPSA) is 185 Å². The summed E-state index contributed by atoms with van der Waals surface area (Å²) in [6.07, 6.45) is -0.0535. The van der Waals surface area contributed by atoms with Gasteiger partial charge in [-0.3, -0.25) is 9.59 Å². The van der Waals surface area contributed by atoms with Crippen LogP contribution in [0.2, 0.25) is 0 Å². The second kappa shape index (κ2) is 18.6. The number of nitrogens with two attached hydrogens (primary N) is 1. The fourth-order valence-electron chi connectivity index (χ4n) is 3.00. The van der Waals surface area contributed by atoms with E-state index in [-0.39, 0.29) is 41.1 Å². The van der Waals surface area contributed by atoms with Gasteiger partial charge >= 0.3 is 5.97 Å². The maximum absolute atomic E-state index is 12.0. The number of rotatable bonds is 11. The van der Waals surface area contributed by atoms with Crippen molar-refractivity contribution < 1.29 is 31.5 Å². The van der Waals surface area contributed by atoms with E-state index in [1.165, 1.54) is 18.2 Å². The Balaban J connectivity index is 0.000000697. The second-order valence-electron chi connectivity index (χ2n) is 9.25. The van der Waals surface area contributed by atoms with Crippen molar-refractivity contribution in [2.75, 3.05) is 13.1 Å². The van der Waals surface area contributed by atoms with Crippen LogP contribution in [0, 0.1) is 0 Å². The molecule has 0 aliphatic carbocycles. The Morgan fingerprint density at radius 2 is 1.17 bits per heavy atom. The summed E-state index contributed by atoms with van der Waals surface area (Å²) in [5.74, 6) is -1.13. The minimum atomic E-state index is -3.59. The molecule has 0 radical (unpaired) electrons. The molecule has 41 heavy (non-hydrogen) atoms. The average Bonchev–Trinajstić information content (AvgIpc) is 2.80. The monoisotopic (exact) mass is 742 g/mol. The Kier molecular flexibility index (Phi) is 17.8. The zero-order valence-corrected chi connectivity index (χ0v) is 28.8. The van der Waals surface area contributed by atoms with Gasteiger partial charge < -0.3 is 16.2 Å². The summed E-state index contributed by atoms with van der Waals surface area (Å²) < 4.78 is 53.3. The molecule has 0 heterocycles. The Morgan fingerprint density at radius 1 is 0.805 bits per heavy atom. The number of benzene rings is 2. The van der Waals surface area contributed by atoms with Crippen LogP contribution in [0.15, 0.2) is 55.1 Å². The molecule has 0 aliphatic heterocycles. The number of sulfonamides is 2. The fourth-order valence-corrected chi connectivity index (χ4v) is 7.10. The van der Waals surface area contributed by atoms with Gasteiger partial charge in [0.15, 0.2) is 0 Å². The molecule has 0 aliphatic rings. The Bertz CT molecular complexity index is 1370. The lowest BCUT2D eigenvalue weighted by Gasteiger charge is -2.11. The van der Waals surface area contributed by atoms with Crippen molar-refractivity contribution in [3.05, 3.63) is 56.5 Å². The van der Waals surface area contributed by atoms with Crippen LogP contribution >= 0.6 is 31.9 Å². The van der Waals surface area contributed by atoms with E-state index in [0.29, 0.717) is 32.7 Å². The molecule has 0 spiro atoms. The minimum Gasteiger partial charge on any atom is -0.481 e. The molecule has 0 aromatic heterocycles. The first-order chi connectivity index (χ1) is 18.9. The third kappa shape index (κ3) is 15.8. The van der Waals surface area contributed by atoms with Gasteiger partial charge in [0.25, 0.3) is 0 Å². The fraction of sp³-hybridized carbons (Fsp3) is 0.462. The number of aliphatic carboxylic acids is 1. The lowest BCUT2D eigenvalue weighted by molar-refractivity contribution is -0.136. The second-order valence-corrected chi connectivity index (χ2v) is 14.4. The zero-order valence-electron chi connectivity index (χ0n) is 24.0. The van der Waals surface area contributed by atoms with Crippen molar-refractivity contribution >= 4 is 63.8 Å². The zero-order chi connectivity index (χ0) is 32.0. The molecular weight excluding hydrogens is 704 g/mol. The lowest BCUT2D eigenvalue weighted by Crippen LogP contribution is -2.31. The number of hydrogen-bond donors (Lipinski definition) is 5. The van der Waals surface area contributed by atoms with Crippen molar-refractivity contribution in [1.29, 1.82) is 0 Å². The van der Waals surface area contributed by atoms with Crippen molar-refractivity contribution in [3.8, 4) is 0 Å². The first-order valence-electron chi connectivity index (χ1n) is 12.7. The van der Waals surface area contributed by atoms with E-state index in [2.05, 4.69) is 46.6 Å². The van der Waals surface area contributed by atoms with Gasteiger partial charge in [-0.1, -0.05) is 39.8 Å². The quantitative estimate of drug-likeness (QED) is 0.231. The largest absolute Gasteiger partial charge is 0.481 e. The van der Waals surface area contributed by atoms with Gasteiger partial charge in [-0.05, 0) is 87.1 Å². The maximum Gasteiger partial charge on any atom is 0.307 e. The number of nitrogens with one attached hydrogen (secondary N) is 3. The maximum atomic E-state index is 12.0. The number of carboxylic acid groups (broad SMARTS) is 1. The predicted octanol–water partition coefficient (Wildman–Crippen LogP) is 3.54. The van der Waals surface area contributed by atoms with Crippen LogP contribution in [-0.2, 0) is 42.5 Å². The first kappa shape index (κ1) is 39.1. The molecule has 0 unspecified atom stereocenters. The molecule has 0 atom stereocenters. The molecule has 0 fully saturated rings. The van der Waals surface area contributed by atoms with Crippen LogP contribution < -0.4 is 20.5 Å². The highest BCUT2D eigenvalue weighted by Crippen LogP contribution is 2.24. The van der Waals surface area contributed by atoms with E-state index in [9.17, 15) is 26.4 Å². The number of carboxylic acids is 1. The van der Waals surface area contributed by atoms with Crippen molar-refractivity contribution in [3.63, 3.8) is 0 Å². The van der Waals surface area contributed by atoms with E-state index in [0.717, 1.165) is 0 Å². The summed E-state index contributed by atoms with van der Waals surface area (Å²) in [7, 11) is -7.14. The lowest BCUT2D eigenvalue weighted by atomic mass is 10.1. The normalized spacial score (nSPS) is 11.3. The van der Waals surface area contributed by atoms with Crippen molar-refractivity contribution in [2.24, 2.45) is 5.73 Å². The standard InChI is InChI=1S/C13H19BrN2O3S.C10H12BrNO4S.C3H9N/c1-4-15-20(18,19)12-7-10(5-6-11(12)14)8-13(17)16-9(2)3;1-2-12-17(15,16)9-5-7(6-10(13)14)3-4-8(9)11;1-3(2)4/h5-7,9,15H,4,8H2,1-3H3,(H,16,17);3-5,12H,2,6H2,1H3,(H,13,14);3H,4H2,1-2H3. The molecule has 2 rings (SSSR count). The van der Waals surface area contributed by atoms with E-state index in [4.69, 9.17) is 10.8 Å². The van der Waals surface area contributed by atoms with Gasteiger partial charge in [0, 0.05) is 28.1 Å². The van der Waals surface area contributed by atoms with Crippen LogP contribution in [0.3, 0.4) is 0 Å². The molecule has 1 amide bonds. The van der Waals surface area contributed by atoms with Crippen LogP contribution in [0.4, 0.5) is 0 Å². The molecule has 2 aromatic carbocycles. The van der Waals surface area contributed by atoms with Gasteiger partial charge in [-0.2, -0.15) is 0 Å². The molecule has 0 bridgehead atoms. The SMILES string of the molecule is CC(C)N.CCNS(=O)(=O)c1cc(CC(=O)NC(C)C)ccc1Br.CCNS(=O)(=O)c1cc(CC(=O)O)ccc1Br. The minimum absolute atomic E-state index is 0.0538. The molecular formula is C26H40Br2N4O7S2. The van der Waals surface area contributed by atoms with Crippen molar-refractivity contribution in [1.82, 2.24) is 14.8 Å². The number of halogens is 2. The van der Waals surface area contributed by atoms with Gasteiger partial charge in [0.1, 0.15) is 0 Å². The third-order valence-electron chi connectivity index (χ3n) is 4.41. The Hall–Kier alpha value is -1.88. The summed E-state index contributed by atoms with van der Waals surface area (Å²) in [6, 6.07) is 9.74. The van der Waals surface area contributed by atoms with E-state index in [1.807, 2.05) is 27.7 Å². The van der Waals surface area contributed by atoms with Crippen LogP contribution in [0.5, 0.6) is 0 Å². The Morgan fingerprint density at radius 3 is 1.49 bits per heavy atom. The van der Waals surface area contributed by atoms with E-state index < -0.39 is 26.0 Å². The number of hydrogen-bond acceptors (Lipinski definition) is 7. The molecule has 2 aromatic rings. The van der Waals surface area contributed by atoms with Gasteiger partial charge in [0.05, 0.1) is 22.6 Å². The molecule has 11 nitrogen and oxygen atoms in total. The van der Waals surface area contributed by atoms with Crippen LogP contribution in [0.25, 0.3) is 0 Å². The van der Waals surface area contributed by atoms with E-state index >= 15 is 0 Å². The molecule has 0 saturated carbocycles. The van der Waals surface area contributed by atoms with Crippen molar-refractivity contribution in [2.45, 2.75) is 76.3 Å². The number of amides is 1. The molecule has 15 heteroatoms. The van der Waals surface area contributed by atoms with Gasteiger partial charge in [-0.25, -0.2) is 26.3 Å². The highest BCUT2D eigenvalue weighted by molar-refractivity contribution is 9.10. The van der Waals surface area contributed by atoms with Crippen LogP contribution in [-0.4, -0.2) is 59.0 Å². The summed E-state index contributed by atoms with van der Waals surface area (Å²) in [6.45, 7) is 11.6. The van der Waals surface area contributed by atoms with E-state index in [1.54, 1.807) is 32.0 Å². The number of carbonyl (C=O) groups excluding carboxylic acids is 1. The average molecular weight is 745 g/mol. The third-order valence-corrected chi connectivity index (χ3v) is 9.49. The number of carbonyl (C=O) groups is 2. The summed E-state index contributed by atoms with van der Waals surface area (Å²) in [5.41, 5.74) is 6.21. The molecule has 6 N–H and O–H groups in total. The predicted molar refractivity (Wildman–Crippen MR) is 168 cm³/mol. The summed E-state index contributed by atoms with van der Waals surface area (Å²) in [4.78, 5) is 22.5. The highest BCUT2D eigenvalue weighted by Gasteiger charge is 2.19. The highest BCUT2D eigenvalue weighted by atomic mass is 79.9. The molecule has 232 valence electrons. The Labute approximate surface area is 260 Å². The summed E-state index contributed by atoms with van der Waals surface area (Å²) in [5, 5.41) is 11.4. The summed E-state index contributed by atoms with van der Waals surface area (Å²) >= 11 is 6.36. The molecule has 0 saturated heterocycles. The first-order valence-corrected chi connectivity index (χ1v) is 17.2. The van der Waals surface area contributed by atoms with Crippen LogP contribution in [0.1, 0.15) is 52.7 Å². The van der Waals surface area contributed by atoms with Gasteiger partial charge in [0.2, 0.25) is 26.0 Å².